The highest BCUT2D eigenvalue weighted by molar-refractivity contribution is 5.83. The maximum atomic E-state index is 13.0. The number of rotatable bonds is 6. The summed E-state index contributed by atoms with van der Waals surface area (Å²) in [5.41, 5.74) is 2.51. The Hall–Kier alpha value is -4.10. The Morgan fingerprint density at radius 1 is 1.03 bits per heavy atom. The molecule has 0 N–H and O–H groups in total. The molecule has 1 saturated heterocycles. The standard InChI is InChI=1S/C28H25NO6/c1-32-21-9-7-19(8-10-21)24-17-35-25-15-22(11-12-23(25)28(24)31)34-18-27(30)29-13-14-33-26(16-29)20-5-3-2-4-6-20/h2-12,15,17,26H,13-14,16,18H2,1H3. The number of carbonyl (C=O) groups is 1. The number of carbonyl (C=O) groups excluding carboxylic acids is 1. The van der Waals surface area contributed by atoms with Crippen LogP contribution in [0.25, 0.3) is 22.1 Å². The van der Waals surface area contributed by atoms with Crippen molar-refractivity contribution >= 4 is 16.9 Å². The Bertz CT molecular complexity index is 1380. The molecule has 0 radical (unpaired) electrons. The number of fused-ring (bicyclic) bond motifs is 1. The number of nitrogens with zero attached hydrogens (tertiary/aromatic N) is 1. The van der Waals surface area contributed by atoms with Crippen molar-refractivity contribution in [2.75, 3.05) is 33.4 Å². The summed E-state index contributed by atoms with van der Waals surface area (Å²) in [6.45, 7) is 1.36. The van der Waals surface area contributed by atoms with E-state index in [4.69, 9.17) is 18.6 Å². The molecule has 1 fully saturated rings. The van der Waals surface area contributed by atoms with Gasteiger partial charge in [0, 0.05) is 12.6 Å². The Morgan fingerprint density at radius 2 is 1.80 bits per heavy atom. The van der Waals surface area contributed by atoms with Gasteiger partial charge in [0.05, 0.1) is 31.2 Å². The SMILES string of the molecule is COc1ccc(-c2coc3cc(OCC(=O)N4CCOC(c5ccccc5)C4)ccc3c2=O)cc1. The fourth-order valence-electron chi connectivity index (χ4n) is 4.15. The molecule has 2 heterocycles. The van der Waals surface area contributed by atoms with Gasteiger partial charge >= 0.3 is 0 Å². The van der Waals surface area contributed by atoms with Crippen LogP contribution in [0.3, 0.4) is 0 Å². The molecule has 1 aromatic heterocycles. The topological polar surface area (TPSA) is 78.2 Å². The van der Waals surface area contributed by atoms with Crippen molar-refractivity contribution in [3.05, 3.63) is 94.8 Å². The zero-order valence-corrected chi connectivity index (χ0v) is 19.3. The van der Waals surface area contributed by atoms with Crippen LogP contribution in [0.2, 0.25) is 0 Å². The van der Waals surface area contributed by atoms with Crippen LogP contribution in [0.1, 0.15) is 11.7 Å². The van der Waals surface area contributed by atoms with Crippen LogP contribution in [0, 0.1) is 0 Å². The van der Waals surface area contributed by atoms with Crippen molar-refractivity contribution in [1.29, 1.82) is 0 Å². The van der Waals surface area contributed by atoms with Gasteiger partial charge in [-0.2, -0.15) is 0 Å². The van der Waals surface area contributed by atoms with Gasteiger partial charge in [-0.3, -0.25) is 9.59 Å². The Morgan fingerprint density at radius 3 is 2.57 bits per heavy atom. The molecule has 0 bridgehead atoms. The van der Waals surface area contributed by atoms with Gasteiger partial charge in [0.2, 0.25) is 0 Å². The molecular weight excluding hydrogens is 446 g/mol. The third-order valence-corrected chi connectivity index (χ3v) is 6.10. The second-order valence-electron chi connectivity index (χ2n) is 8.26. The molecule has 35 heavy (non-hydrogen) atoms. The molecule has 3 aromatic carbocycles. The lowest BCUT2D eigenvalue weighted by atomic mass is 10.1. The molecule has 7 nitrogen and oxygen atoms in total. The molecule has 1 amide bonds. The first-order chi connectivity index (χ1) is 17.1. The highest BCUT2D eigenvalue weighted by Crippen LogP contribution is 2.25. The van der Waals surface area contributed by atoms with E-state index in [0.717, 1.165) is 11.1 Å². The number of morpholine rings is 1. The van der Waals surface area contributed by atoms with E-state index in [9.17, 15) is 9.59 Å². The number of methoxy groups -OCH3 is 1. The van der Waals surface area contributed by atoms with Gasteiger partial charge in [-0.05, 0) is 35.4 Å². The van der Waals surface area contributed by atoms with Crippen molar-refractivity contribution < 1.29 is 23.4 Å². The molecule has 178 valence electrons. The van der Waals surface area contributed by atoms with E-state index in [1.54, 1.807) is 42.3 Å². The molecule has 1 unspecified atom stereocenters. The van der Waals surface area contributed by atoms with Crippen molar-refractivity contribution in [2.45, 2.75) is 6.10 Å². The van der Waals surface area contributed by atoms with E-state index in [2.05, 4.69) is 0 Å². The average molecular weight is 472 g/mol. The van der Waals surface area contributed by atoms with Gasteiger partial charge in [-0.25, -0.2) is 0 Å². The summed E-state index contributed by atoms with van der Waals surface area (Å²) in [6, 6.07) is 22.1. The van der Waals surface area contributed by atoms with Gasteiger partial charge in [-0.15, -0.1) is 0 Å². The smallest absolute Gasteiger partial charge is 0.260 e. The van der Waals surface area contributed by atoms with E-state index in [0.29, 0.717) is 47.7 Å². The lowest BCUT2D eigenvalue weighted by molar-refractivity contribution is -0.141. The first-order valence-corrected chi connectivity index (χ1v) is 11.4. The van der Waals surface area contributed by atoms with Gasteiger partial charge in [-0.1, -0.05) is 42.5 Å². The predicted molar refractivity (Wildman–Crippen MR) is 132 cm³/mol. The van der Waals surface area contributed by atoms with Crippen LogP contribution in [0.15, 0.2) is 88.3 Å². The van der Waals surface area contributed by atoms with Crippen LogP contribution < -0.4 is 14.9 Å². The van der Waals surface area contributed by atoms with Crippen molar-refractivity contribution in [1.82, 2.24) is 4.90 Å². The maximum absolute atomic E-state index is 13.0. The van der Waals surface area contributed by atoms with Crippen molar-refractivity contribution in [2.24, 2.45) is 0 Å². The molecule has 0 saturated carbocycles. The summed E-state index contributed by atoms with van der Waals surface area (Å²) < 4.78 is 22.5. The van der Waals surface area contributed by atoms with Crippen LogP contribution in [0.5, 0.6) is 11.5 Å². The summed E-state index contributed by atoms with van der Waals surface area (Å²) in [4.78, 5) is 27.5. The van der Waals surface area contributed by atoms with Crippen LogP contribution >= 0.6 is 0 Å². The van der Waals surface area contributed by atoms with Crippen LogP contribution in [0.4, 0.5) is 0 Å². The van der Waals surface area contributed by atoms with Crippen molar-refractivity contribution in [3.8, 4) is 22.6 Å². The first kappa shape index (κ1) is 22.7. The quantitative estimate of drug-likeness (QED) is 0.414. The maximum Gasteiger partial charge on any atom is 0.260 e. The number of hydrogen-bond acceptors (Lipinski definition) is 6. The zero-order valence-electron chi connectivity index (χ0n) is 19.3. The second kappa shape index (κ2) is 10.0. The number of hydrogen-bond donors (Lipinski definition) is 0. The van der Waals surface area contributed by atoms with Gasteiger partial charge in [0.25, 0.3) is 5.91 Å². The highest BCUT2D eigenvalue weighted by atomic mass is 16.5. The predicted octanol–water partition coefficient (Wildman–Crippen LogP) is 4.45. The Labute approximate surface area is 202 Å². The lowest BCUT2D eigenvalue weighted by Gasteiger charge is -2.33. The van der Waals surface area contributed by atoms with Crippen LogP contribution in [-0.2, 0) is 9.53 Å². The molecule has 1 aliphatic rings. The number of benzene rings is 3. The zero-order chi connectivity index (χ0) is 24.2. The molecule has 1 aliphatic heterocycles. The third kappa shape index (κ3) is 4.90. The Kier molecular flexibility index (Phi) is 6.50. The van der Waals surface area contributed by atoms with Crippen molar-refractivity contribution in [3.63, 3.8) is 0 Å². The summed E-state index contributed by atoms with van der Waals surface area (Å²) in [5, 5.41) is 0.441. The van der Waals surface area contributed by atoms with E-state index in [1.165, 1.54) is 6.26 Å². The minimum absolute atomic E-state index is 0.110. The normalized spacial score (nSPS) is 15.7. The lowest BCUT2D eigenvalue weighted by Crippen LogP contribution is -2.44. The molecule has 1 atom stereocenters. The summed E-state index contributed by atoms with van der Waals surface area (Å²) in [6.07, 6.45) is 1.29. The van der Waals surface area contributed by atoms with E-state index in [-0.39, 0.29) is 24.0 Å². The minimum Gasteiger partial charge on any atom is -0.497 e. The van der Waals surface area contributed by atoms with E-state index >= 15 is 0 Å². The van der Waals surface area contributed by atoms with Gasteiger partial charge in [0.15, 0.2) is 12.0 Å². The third-order valence-electron chi connectivity index (χ3n) is 6.10. The molecule has 5 rings (SSSR count). The highest BCUT2D eigenvalue weighted by Gasteiger charge is 2.25. The van der Waals surface area contributed by atoms with E-state index < -0.39 is 0 Å². The molecule has 0 aliphatic carbocycles. The van der Waals surface area contributed by atoms with Gasteiger partial charge in [0.1, 0.15) is 29.4 Å². The summed E-state index contributed by atoms with van der Waals surface area (Å²) >= 11 is 0. The minimum atomic E-state index is -0.149. The van der Waals surface area contributed by atoms with Gasteiger partial charge < -0.3 is 23.5 Å². The summed E-state index contributed by atoms with van der Waals surface area (Å²) in [7, 11) is 1.59. The number of amides is 1. The molecule has 4 aromatic rings. The molecular formula is C28H25NO6. The molecule has 7 heteroatoms. The average Bonchev–Trinajstić information content (AvgIpc) is 2.92. The molecule has 0 spiro atoms. The summed E-state index contributed by atoms with van der Waals surface area (Å²) in [5.74, 6) is 1.05. The monoisotopic (exact) mass is 471 g/mol. The fraction of sp³-hybridized carbons (Fsp3) is 0.214. The second-order valence-corrected chi connectivity index (χ2v) is 8.26. The number of ether oxygens (including phenoxy) is 3. The van der Waals surface area contributed by atoms with Crippen LogP contribution in [-0.4, -0.2) is 44.2 Å². The fourth-order valence-corrected chi connectivity index (χ4v) is 4.15. The Balaban J connectivity index is 1.26. The first-order valence-electron chi connectivity index (χ1n) is 11.4. The largest absolute Gasteiger partial charge is 0.497 e. The van der Waals surface area contributed by atoms with E-state index in [1.807, 2.05) is 42.5 Å².